The second-order valence-corrected chi connectivity index (χ2v) is 4.55. The number of esters is 1. The average molecular weight is 288 g/mol. The van der Waals surface area contributed by atoms with E-state index in [1.807, 2.05) is 0 Å². The monoisotopic (exact) mass is 288 g/mol. The number of carbonyl (C=O) groups is 2. The van der Waals surface area contributed by atoms with Crippen LogP contribution in [0.15, 0.2) is 34.9 Å². The van der Waals surface area contributed by atoms with E-state index in [1.54, 1.807) is 44.4 Å². The molecule has 2 rings (SSSR count). The van der Waals surface area contributed by atoms with Crippen LogP contribution in [-0.4, -0.2) is 35.9 Å². The molecule has 0 saturated carbocycles. The summed E-state index contributed by atoms with van der Waals surface area (Å²) < 4.78 is 10.1. The minimum Gasteiger partial charge on any atom is -0.465 e. The highest BCUT2D eigenvalue weighted by atomic mass is 16.5. The highest BCUT2D eigenvalue weighted by Crippen LogP contribution is 2.17. The van der Waals surface area contributed by atoms with Crippen LogP contribution in [0.3, 0.4) is 0 Å². The summed E-state index contributed by atoms with van der Waals surface area (Å²) in [5.41, 5.74) is 0.725. The lowest BCUT2D eigenvalue weighted by Crippen LogP contribution is -2.26. The van der Waals surface area contributed by atoms with Crippen LogP contribution in [-0.2, 0) is 11.3 Å². The van der Waals surface area contributed by atoms with E-state index in [9.17, 15) is 9.59 Å². The molecule has 1 amide bonds. The molecule has 0 aliphatic heterocycles. The molecule has 6 nitrogen and oxygen atoms in total. The first kappa shape index (κ1) is 14.8. The fourth-order valence-corrected chi connectivity index (χ4v) is 1.92. The molecule has 0 N–H and O–H groups in total. The van der Waals surface area contributed by atoms with E-state index < -0.39 is 5.97 Å². The first-order valence-electron chi connectivity index (χ1n) is 6.37. The van der Waals surface area contributed by atoms with Gasteiger partial charge in [0.1, 0.15) is 22.8 Å². The second kappa shape index (κ2) is 6.21. The molecule has 110 valence electrons. The Morgan fingerprint density at radius 1 is 1.38 bits per heavy atom. The number of aromatic nitrogens is 1. The number of hydrogen-bond acceptors (Lipinski definition) is 5. The van der Waals surface area contributed by atoms with E-state index in [4.69, 9.17) is 4.42 Å². The Labute approximate surface area is 122 Å². The third-order valence-electron chi connectivity index (χ3n) is 3.00. The quantitative estimate of drug-likeness (QED) is 0.805. The molecule has 6 heteroatoms. The van der Waals surface area contributed by atoms with Crippen molar-refractivity contribution in [3.63, 3.8) is 0 Å². The number of carbonyl (C=O) groups excluding carboxylic acids is 2. The zero-order chi connectivity index (χ0) is 15.4. The maximum absolute atomic E-state index is 12.2. The molecule has 21 heavy (non-hydrogen) atoms. The Morgan fingerprint density at radius 2 is 2.14 bits per heavy atom. The summed E-state index contributed by atoms with van der Waals surface area (Å²) in [6.07, 6.45) is 1.56. The van der Waals surface area contributed by atoms with Crippen molar-refractivity contribution < 1.29 is 18.7 Å². The number of rotatable bonds is 4. The van der Waals surface area contributed by atoms with E-state index in [0.29, 0.717) is 22.8 Å². The van der Waals surface area contributed by atoms with Crippen molar-refractivity contribution in [1.82, 2.24) is 9.88 Å². The van der Waals surface area contributed by atoms with Gasteiger partial charge in [0.25, 0.3) is 5.91 Å². The lowest BCUT2D eigenvalue weighted by Gasteiger charge is -2.14. The van der Waals surface area contributed by atoms with Crippen LogP contribution in [0.5, 0.6) is 0 Å². The molecule has 0 aliphatic carbocycles. The van der Waals surface area contributed by atoms with Gasteiger partial charge in [0.2, 0.25) is 0 Å². The van der Waals surface area contributed by atoms with Crippen LogP contribution in [0.2, 0.25) is 0 Å². The van der Waals surface area contributed by atoms with Gasteiger partial charge >= 0.3 is 5.97 Å². The van der Waals surface area contributed by atoms with Crippen molar-refractivity contribution in [3.8, 4) is 0 Å². The maximum Gasteiger partial charge on any atom is 0.341 e. The molecular weight excluding hydrogens is 272 g/mol. The normalized spacial score (nSPS) is 10.2. The number of hydrogen-bond donors (Lipinski definition) is 0. The summed E-state index contributed by atoms with van der Waals surface area (Å²) in [6, 6.07) is 6.73. The first-order chi connectivity index (χ1) is 10.0. The fraction of sp³-hybridized carbons (Fsp3) is 0.267. The number of pyridine rings is 1. The van der Waals surface area contributed by atoms with Gasteiger partial charge < -0.3 is 14.1 Å². The predicted molar refractivity (Wildman–Crippen MR) is 74.8 cm³/mol. The van der Waals surface area contributed by atoms with Crippen molar-refractivity contribution in [2.24, 2.45) is 0 Å². The molecule has 0 unspecified atom stereocenters. The van der Waals surface area contributed by atoms with E-state index in [2.05, 4.69) is 9.72 Å². The zero-order valence-electron chi connectivity index (χ0n) is 12.1. The summed E-state index contributed by atoms with van der Waals surface area (Å²) in [6.45, 7) is 1.92. The minimum atomic E-state index is -0.457. The van der Waals surface area contributed by atoms with Crippen LogP contribution in [0, 0.1) is 6.92 Å². The number of furan rings is 1. The Morgan fingerprint density at radius 3 is 2.76 bits per heavy atom. The van der Waals surface area contributed by atoms with Gasteiger partial charge in [0.05, 0.1) is 13.7 Å². The Kier molecular flexibility index (Phi) is 4.37. The molecule has 2 aromatic rings. The molecule has 2 heterocycles. The largest absolute Gasteiger partial charge is 0.465 e. The molecule has 0 fully saturated rings. The van der Waals surface area contributed by atoms with Crippen molar-refractivity contribution >= 4 is 11.9 Å². The summed E-state index contributed by atoms with van der Waals surface area (Å²) in [5.74, 6) is 0.306. The molecule has 0 bridgehead atoms. The van der Waals surface area contributed by atoms with Gasteiger partial charge in [0, 0.05) is 13.2 Å². The van der Waals surface area contributed by atoms with E-state index >= 15 is 0 Å². The summed E-state index contributed by atoms with van der Waals surface area (Å²) in [7, 11) is 2.96. The van der Waals surface area contributed by atoms with Gasteiger partial charge in [-0.15, -0.1) is 0 Å². The fourth-order valence-electron chi connectivity index (χ4n) is 1.92. The van der Waals surface area contributed by atoms with E-state index in [0.717, 1.165) is 0 Å². The minimum absolute atomic E-state index is 0.218. The van der Waals surface area contributed by atoms with Crippen molar-refractivity contribution in [3.05, 3.63) is 53.2 Å². The highest BCUT2D eigenvalue weighted by molar-refractivity contribution is 5.92. The Balaban J connectivity index is 2.11. The third-order valence-corrected chi connectivity index (χ3v) is 3.00. The Bertz CT molecular complexity index is 649. The maximum atomic E-state index is 12.2. The number of amides is 1. The van der Waals surface area contributed by atoms with Crippen LogP contribution in [0.25, 0.3) is 0 Å². The lowest BCUT2D eigenvalue weighted by molar-refractivity contribution is 0.0598. The lowest BCUT2D eigenvalue weighted by atomic mass is 10.2. The molecule has 0 aromatic carbocycles. The first-order valence-corrected chi connectivity index (χ1v) is 6.37. The zero-order valence-corrected chi connectivity index (χ0v) is 12.1. The van der Waals surface area contributed by atoms with Crippen LogP contribution < -0.4 is 0 Å². The SMILES string of the molecule is COC(=O)c1cc(CN(C)C(=O)c2ccccn2)oc1C. The smallest absolute Gasteiger partial charge is 0.341 e. The summed E-state index contributed by atoms with van der Waals surface area (Å²) in [4.78, 5) is 29.2. The van der Waals surface area contributed by atoms with Gasteiger partial charge in [-0.05, 0) is 25.1 Å². The van der Waals surface area contributed by atoms with Crippen molar-refractivity contribution in [1.29, 1.82) is 0 Å². The molecule has 0 aliphatic rings. The van der Waals surface area contributed by atoms with Crippen LogP contribution >= 0.6 is 0 Å². The van der Waals surface area contributed by atoms with Crippen molar-refractivity contribution in [2.45, 2.75) is 13.5 Å². The van der Waals surface area contributed by atoms with Gasteiger partial charge in [-0.1, -0.05) is 6.07 Å². The van der Waals surface area contributed by atoms with Gasteiger partial charge in [-0.25, -0.2) is 4.79 Å². The molecule has 0 radical (unpaired) electrons. The Hall–Kier alpha value is -2.63. The number of aryl methyl sites for hydroxylation is 1. The number of ether oxygens (including phenoxy) is 1. The number of nitrogens with zero attached hydrogens (tertiary/aromatic N) is 2. The van der Waals surface area contributed by atoms with Gasteiger partial charge in [-0.2, -0.15) is 0 Å². The van der Waals surface area contributed by atoms with Crippen LogP contribution in [0.4, 0.5) is 0 Å². The predicted octanol–water partition coefficient (Wildman–Crippen LogP) is 2.04. The van der Waals surface area contributed by atoms with Crippen LogP contribution in [0.1, 0.15) is 32.4 Å². The molecular formula is C15H16N2O4. The molecule has 0 saturated heterocycles. The second-order valence-electron chi connectivity index (χ2n) is 4.55. The van der Waals surface area contributed by atoms with Gasteiger partial charge in [-0.3, -0.25) is 9.78 Å². The average Bonchev–Trinajstić information content (AvgIpc) is 2.87. The molecule has 0 atom stereocenters. The topological polar surface area (TPSA) is 72.6 Å². The highest BCUT2D eigenvalue weighted by Gasteiger charge is 2.19. The van der Waals surface area contributed by atoms with E-state index in [1.165, 1.54) is 12.0 Å². The molecule has 0 spiro atoms. The van der Waals surface area contributed by atoms with E-state index in [-0.39, 0.29) is 12.5 Å². The number of methoxy groups -OCH3 is 1. The van der Waals surface area contributed by atoms with Crippen molar-refractivity contribution in [2.75, 3.05) is 14.2 Å². The standard InChI is InChI=1S/C15H16N2O4/c1-10-12(15(19)20-3)8-11(21-10)9-17(2)14(18)13-6-4-5-7-16-13/h4-8H,9H2,1-3H3. The van der Waals surface area contributed by atoms with Gasteiger partial charge in [0.15, 0.2) is 0 Å². The third kappa shape index (κ3) is 3.28. The molecule has 2 aromatic heterocycles. The summed E-state index contributed by atoms with van der Waals surface area (Å²) >= 11 is 0. The summed E-state index contributed by atoms with van der Waals surface area (Å²) in [5, 5.41) is 0.